The van der Waals surface area contributed by atoms with Crippen LogP contribution in [0.1, 0.15) is 5.56 Å². The van der Waals surface area contributed by atoms with Gasteiger partial charge in [-0.15, -0.1) is 0 Å². The summed E-state index contributed by atoms with van der Waals surface area (Å²) in [5.41, 5.74) is 0.827. The predicted molar refractivity (Wildman–Crippen MR) is 61.8 cm³/mol. The van der Waals surface area contributed by atoms with E-state index >= 15 is 0 Å². The lowest BCUT2D eigenvalue weighted by molar-refractivity contribution is -0.136. The van der Waals surface area contributed by atoms with E-state index in [1.165, 1.54) is 0 Å². The average Bonchev–Trinajstić information content (AvgIpc) is 2.28. The monoisotopic (exact) mass is 216 g/mol. The minimum absolute atomic E-state index is 0.0453. The maximum atomic E-state index is 10.7. The highest BCUT2D eigenvalue weighted by atomic mass is 16.5. The van der Waals surface area contributed by atoms with Crippen molar-refractivity contribution in [1.29, 1.82) is 0 Å². The van der Waals surface area contributed by atoms with E-state index in [0.717, 1.165) is 22.1 Å². The predicted octanol–water partition coefficient (Wildman–Crippen LogP) is 2.48. The Bertz CT molecular complexity index is 532. The topological polar surface area (TPSA) is 46.5 Å². The van der Waals surface area contributed by atoms with Crippen molar-refractivity contribution in [3.8, 4) is 5.75 Å². The van der Waals surface area contributed by atoms with Crippen molar-refractivity contribution in [3.63, 3.8) is 0 Å². The van der Waals surface area contributed by atoms with Crippen LogP contribution in [0.15, 0.2) is 36.4 Å². The number of methoxy groups -OCH3 is 1. The van der Waals surface area contributed by atoms with Gasteiger partial charge >= 0.3 is 5.97 Å². The quantitative estimate of drug-likeness (QED) is 0.857. The van der Waals surface area contributed by atoms with E-state index in [9.17, 15) is 4.79 Å². The second-order valence-corrected chi connectivity index (χ2v) is 3.57. The van der Waals surface area contributed by atoms with Crippen molar-refractivity contribution in [2.75, 3.05) is 7.11 Å². The number of aliphatic carboxylic acids is 1. The average molecular weight is 216 g/mol. The first kappa shape index (κ1) is 10.5. The van der Waals surface area contributed by atoms with Gasteiger partial charge in [-0.25, -0.2) is 0 Å². The lowest BCUT2D eigenvalue weighted by Crippen LogP contribution is -2.00. The van der Waals surface area contributed by atoms with Gasteiger partial charge in [0.2, 0.25) is 0 Å². The van der Waals surface area contributed by atoms with E-state index in [2.05, 4.69) is 0 Å². The Balaban J connectivity index is 2.55. The molecule has 0 aliphatic rings. The van der Waals surface area contributed by atoms with E-state index < -0.39 is 5.97 Å². The van der Waals surface area contributed by atoms with E-state index in [4.69, 9.17) is 9.84 Å². The molecule has 0 unspecified atom stereocenters. The van der Waals surface area contributed by atoms with Gasteiger partial charge in [-0.1, -0.05) is 24.3 Å². The third-order valence-electron chi connectivity index (χ3n) is 2.52. The number of ether oxygens (including phenoxy) is 1. The van der Waals surface area contributed by atoms with Crippen LogP contribution >= 0.6 is 0 Å². The minimum Gasteiger partial charge on any atom is -0.497 e. The Kier molecular flexibility index (Phi) is 2.77. The second kappa shape index (κ2) is 4.23. The summed E-state index contributed by atoms with van der Waals surface area (Å²) in [4.78, 5) is 10.7. The summed E-state index contributed by atoms with van der Waals surface area (Å²) < 4.78 is 5.13. The summed E-state index contributed by atoms with van der Waals surface area (Å²) in [5, 5.41) is 10.8. The lowest BCUT2D eigenvalue weighted by Gasteiger charge is -2.06. The molecule has 0 heterocycles. The molecule has 0 aliphatic heterocycles. The molecule has 2 aromatic rings. The fraction of sp³-hybridized carbons (Fsp3) is 0.154. The summed E-state index contributed by atoms with van der Waals surface area (Å²) in [6, 6.07) is 11.3. The molecule has 0 spiro atoms. The first-order chi connectivity index (χ1) is 7.70. The number of rotatable bonds is 3. The summed E-state index contributed by atoms with van der Waals surface area (Å²) in [5.74, 6) is -0.0386. The SMILES string of the molecule is COc1ccc2c(CC(=O)O)cccc2c1. The molecule has 0 bridgehead atoms. The molecule has 3 nitrogen and oxygen atoms in total. The number of hydrogen-bond donors (Lipinski definition) is 1. The van der Waals surface area contributed by atoms with E-state index in [-0.39, 0.29) is 6.42 Å². The van der Waals surface area contributed by atoms with Crippen LogP contribution in [0.4, 0.5) is 0 Å². The van der Waals surface area contributed by atoms with Crippen LogP contribution in [-0.4, -0.2) is 18.2 Å². The van der Waals surface area contributed by atoms with Gasteiger partial charge in [-0.3, -0.25) is 4.79 Å². The summed E-state index contributed by atoms with van der Waals surface area (Å²) in [6.45, 7) is 0. The number of benzene rings is 2. The Labute approximate surface area is 93.3 Å². The highest BCUT2D eigenvalue weighted by Gasteiger charge is 2.05. The molecule has 1 N–H and O–H groups in total. The number of carboxylic acid groups (broad SMARTS) is 1. The van der Waals surface area contributed by atoms with Crippen molar-refractivity contribution >= 4 is 16.7 Å². The van der Waals surface area contributed by atoms with Gasteiger partial charge in [-0.05, 0) is 28.5 Å². The fourth-order valence-corrected chi connectivity index (χ4v) is 1.77. The zero-order chi connectivity index (χ0) is 11.5. The van der Waals surface area contributed by atoms with Crippen LogP contribution < -0.4 is 4.74 Å². The Morgan fingerprint density at radius 1 is 1.31 bits per heavy atom. The summed E-state index contributed by atoms with van der Waals surface area (Å²) in [7, 11) is 1.61. The first-order valence-corrected chi connectivity index (χ1v) is 4.98. The third kappa shape index (κ3) is 1.98. The van der Waals surface area contributed by atoms with Gasteiger partial charge in [0.15, 0.2) is 0 Å². The maximum Gasteiger partial charge on any atom is 0.307 e. The Morgan fingerprint density at radius 2 is 2.12 bits per heavy atom. The molecule has 0 radical (unpaired) electrons. The molecule has 82 valence electrons. The van der Waals surface area contributed by atoms with E-state index in [1.807, 2.05) is 36.4 Å². The second-order valence-electron chi connectivity index (χ2n) is 3.57. The fourth-order valence-electron chi connectivity index (χ4n) is 1.77. The first-order valence-electron chi connectivity index (χ1n) is 4.98. The van der Waals surface area contributed by atoms with E-state index in [0.29, 0.717) is 0 Å². The Morgan fingerprint density at radius 3 is 2.81 bits per heavy atom. The minimum atomic E-state index is -0.816. The highest BCUT2D eigenvalue weighted by Crippen LogP contribution is 2.24. The van der Waals surface area contributed by atoms with Crippen LogP contribution in [0.2, 0.25) is 0 Å². The molecule has 0 saturated carbocycles. The van der Waals surface area contributed by atoms with Crippen LogP contribution in [0, 0.1) is 0 Å². The lowest BCUT2D eigenvalue weighted by atomic mass is 10.0. The van der Waals surface area contributed by atoms with Gasteiger partial charge in [-0.2, -0.15) is 0 Å². The van der Waals surface area contributed by atoms with Gasteiger partial charge in [0.25, 0.3) is 0 Å². The van der Waals surface area contributed by atoms with Crippen molar-refractivity contribution in [2.24, 2.45) is 0 Å². The highest BCUT2D eigenvalue weighted by molar-refractivity contribution is 5.89. The molecule has 0 saturated heterocycles. The van der Waals surface area contributed by atoms with Crippen LogP contribution in [0.3, 0.4) is 0 Å². The van der Waals surface area contributed by atoms with Gasteiger partial charge < -0.3 is 9.84 Å². The zero-order valence-electron chi connectivity index (χ0n) is 8.93. The van der Waals surface area contributed by atoms with Crippen molar-refractivity contribution in [3.05, 3.63) is 42.0 Å². The van der Waals surface area contributed by atoms with Crippen LogP contribution in [-0.2, 0) is 11.2 Å². The number of fused-ring (bicyclic) bond motifs is 1. The Hall–Kier alpha value is -2.03. The number of hydrogen-bond acceptors (Lipinski definition) is 2. The standard InChI is InChI=1S/C13H12O3/c1-16-11-5-6-12-9(7-11)3-2-4-10(12)8-13(14)15/h2-7H,8H2,1H3,(H,14,15). The van der Waals surface area contributed by atoms with Crippen LogP contribution in [0.25, 0.3) is 10.8 Å². The molecule has 2 rings (SSSR count). The summed E-state index contributed by atoms with van der Waals surface area (Å²) in [6.07, 6.45) is 0.0453. The van der Waals surface area contributed by atoms with Gasteiger partial charge in [0.1, 0.15) is 5.75 Å². The number of carboxylic acids is 1. The molecule has 0 aliphatic carbocycles. The molecular formula is C13H12O3. The molecule has 0 atom stereocenters. The normalized spacial score (nSPS) is 10.3. The van der Waals surface area contributed by atoms with Gasteiger partial charge in [0.05, 0.1) is 13.5 Å². The molecule has 0 amide bonds. The summed E-state index contributed by atoms with van der Waals surface area (Å²) >= 11 is 0. The van der Waals surface area contributed by atoms with Crippen molar-refractivity contribution in [1.82, 2.24) is 0 Å². The third-order valence-corrected chi connectivity index (χ3v) is 2.52. The molecule has 16 heavy (non-hydrogen) atoms. The smallest absolute Gasteiger partial charge is 0.307 e. The van der Waals surface area contributed by atoms with E-state index in [1.54, 1.807) is 7.11 Å². The molecule has 3 heteroatoms. The molecule has 0 aromatic heterocycles. The maximum absolute atomic E-state index is 10.7. The molecule has 2 aromatic carbocycles. The van der Waals surface area contributed by atoms with Crippen LogP contribution in [0.5, 0.6) is 5.75 Å². The molecular weight excluding hydrogens is 204 g/mol. The molecule has 0 fully saturated rings. The van der Waals surface area contributed by atoms with Crippen molar-refractivity contribution in [2.45, 2.75) is 6.42 Å². The largest absolute Gasteiger partial charge is 0.497 e. The number of carbonyl (C=O) groups is 1. The zero-order valence-corrected chi connectivity index (χ0v) is 8.93. The van der Waals surface area contributed by atoms with Crippen molar-refractivity contribution < 1.29 is 14.6 Å². The van der Waals surface area contributed by atoms with Gasteiger partial charge in [0, 0.05) is 0 Å².